The highest BCUT2D eigenvalue weighted by Crippen LogP contribution is 1.59. The van der Waals surface area contributed by atoms with Crippen molar-refractivity contribution in [2.75, 3.05) is 0 Å². The summed E-state index contributed by atoms with van der Waals surface area (Å²) < 4.78 is 0. The van der Waals surface area contributed by atoms with E-state index in [1.54, 1.807) is 0 Å². The van der Waals surface area contributed by atoms with Crippen molar-refractivity contribution in [3.63, 3.8) is 0 Å². The summed E-state index contributed by atoms with van der Waals surface area (Å²) in [5.74, 6) is 0. The highest BCUT2D eigenvalue weighted by molar-refractivity contribution is 4.95. The molecule has 0 atom stereocenters. The molecule has 0 aliphatic heterocycles. The summed E-state index contributed by atoms with van der Waals surface area (Å²) in [6.45, 7) is 6.61. The molecule has 0 aliphatic rings. The minimum Gasteiger partial charge on any atom is -0.0687 e. The van der Waals surface area contributed by atoms with Gasteiger partial charge in [-0.1, -0.05) is 11.5 Å². The summed E-state index contributed by atoms with van der Waals surface area (Å²) in [6.07, 6.45) is 0. The largest absolute Gasteiger partial charge is 0.0687 e. The maximum Gasteiger partial charge on any atom is 0 e. The lowest BCUT2D eigenvalue weighted by molar-refractivity contribution is 2.11. The van der Waals surface area contributed by atoms with Gasteiger partial charge in [-0.05, 0) is 105 Å². The van der Waals surface area contributed by atoms with Crippen LogP contribution in [0.5, 0.6) is 0 Å². The standard InChI is InChI=1S/C32H4/c1-3-5-7-9-11-13-15-17-19-21-23-25-27-29-31-32-30-28-26-24-22-20-18-16-14-12-10-8-6-4-2/h1-2H2. The third kappa shape index (κ3) is 23.1. The van der Waals surface area contributed by atoms with Crippen molar-refractivity contribution >= 4 is 0 Å². The van der Waals surface area contributed by atoms with Crippen LogP contribution < -0.4 is 0 Å². The van der Waals surface area contributed by atoms with Gasteiger partial charge in [0.15, 0.2) is 0 Å². The molecule has 0 heteroatoms. The Hall–Kier alpha value is -6.86. The number of hydrogen-bond acceptors (Lipinski definition) is 0. The first-order valence-corrected chi connectivity index (χ1v) is 7.96. The van der Waals surface area contributed by atoms with E-state index in [9.17, 15) is 0 Å². The van der Waals surface area contributed by atoms with Gasteiger partial charge in [-0.3, -0.25) is 0 Å². The maximum absolute atomic E-state index is 3.31. The van der Waals surface area contributed by atoms with Crippen LogP contribution in [-0.2, 0) is 0 Å². The van der Waals surface area contributed by atoms with E-state index in [2.05, 4.69) is 185 Å². The minimum atomic E-state index is 2.37. The van der Waals surface area contributed by atoms with Gasteiger partial charge >= 0.3 is 0 Å². The Morgan fingerprint density at radius 2 is 0.250 bits per heavy atom. The smallest absolute Gasteiger partial charge is 0 e. The van der Waals surface area contributed by atoms with Crippen molar-refractivity contribution in [3.8, 4) is 0 Å². The number of hydrogen-bond donors (Lipinski definition) is 0. The molecule has 0 spiro atoms. The lowest BCUT2D eigenvalue weighted by Gasteiger charge is -1.41. The van der Waals surface area contributed by atoms with Crippen molar-refractivity contribution in [1.29, 1.82) is 0 Å². The molecule has 0 aromatic rings. The summed E-state index contributed by atoms with van der Waals surface area (Å²) >= 11 is 0. The predicted octanol–water partition coefficient (Wildman–Crippen LogP) is 5.46. The first kappa shape index (κ1) is 25.1. The van der Waals surface area contributed by atoms with Gasteiger partial charge in [0.25, 0.3) is 0 Å². The Balaban J connectivity index is 5.97. The van der Waals surface area contributed by atoms with E-state index < -0.39 is 0 Å². The quantitative estimate of drug-likeness (QED) is 0.484. The van der Waals surface area contributed by atoms with Gasteiger partial charge in [0.2, 0.25) is 0 Å². The molecule has 0 nitrogen and oxygen atoms in total. The number of rotatable bonds is 0. The van der Waals surface area contributed by atoms with Crippen LogP contribution in [0.2, 0.25) is 0 Å². The molecular weight excluding hydrogens is 384 g/mol. The molecule has 0 aromatic carbocycles. The van der Waals surface area contributed by atoms with Gasteiger partial charge in [-0.25, -0.2) is 0 Å². The zero-order valence-electron chi connectivity index (χ0n) is 16.4. The van der Waals surface area contributed by atoms with E-state index in [1.807, 2.05) is 0 Å². The zero-order chi connectivity index (χ0) is 23.2. The first-order valence-electron chi connectivity index (χ1n) is 7.96. The molecule has 0 amide bonds. The topological polar surface area (TPSA) is 0 Å². The molecule has 0 saturated heterocycles. The average Bonchev–Trinajstić information content (AvgIpc) is 2.81. The zero-order valence-corrected chi connectivity index (χ0v) is 16.4. The van der Waals surface area contributed by atoms with E-state index in [1.165, 1.54) is 0 Å². The van der Waals surface area contributed by atoms with Crippen molar-refractivity contribution in [3.05, 3.63) is 185 Å². The molecule has 0 unspecified atom stereocenters. The fourth-order valence-electron chi connectivity index (χ4n) is 0.901. The molecule has 0 fully saturated rings. The fraction of sp³-hybridized carbons (Fsp3) is 0. The van der Waals surface area contributed by atoms with Crippen LogP contribution >= 0.6 is 0 Å². The van der Waals surface area contributed by atoms with E-state index in [-0.39, 0.29) is 0 Å². The molecule has 0 heterocycles. The minimum absolute atomic E-state index is 2.37. The van der Waals surface area contributed by atoms with E-state index >= 15 is 0 Å². The molecule has 0 aliphatic carbocycles. The lowest BCUT2D eigenvalue weighted by atomic mass is 10.6. The molecule has 0 N–H and O–H groups in total. The monoisotopic (exact) mass is 388 g/mol. The SMILES string of the molecule is C=C=C=C=C=C=C=C=C=C=C=C=C=C=C=C=C=C=C=C=C=C=C=C=C=C=C=C=C=C=C=C. The summed E-state index contributed by atoms with van der Waals surface area (Å²) in [5.41, 5.74) is 74.4. The maximum atomic E-state index is 3.31. The Morgan fingerprint density at radius 1 is 0.156 bits per heavy atom. The van der Waals surface area contributed by atoms with Crippen molar-refractivity contribution in [2.24, 2.45) is 0 Å². The molecule has 0 radical (unpaired) electrons. The summed E-state index contributed by atoms with van der Waals surface area (Å²) in [6, 6.07) is 0. The van der Waals surface area contributed by atoms with E-state index in [0.29, 0.717) is 0 Å². The third-order valence-corrected chi connectivity index (χ3v) is 1.86. The highest BCUT2D eigenvalue weighted by Gasteiger charge is 1.43. The molecule has 0 saturated carbocycles. The van der Waals surface area contributed by atoms with Crippen LogP contribution in [0.25, 0.3) is 0 Å². The van der Waals surface area contributed by atoms with Gasteiger partial charge in [-0.2, -0.15) is 0 Å². The summed E-state index contributed by atoms with van der Waals surface area (Å²) in [5, 5.41) is 0. The van der Waals surface area contributed by atoms with Gasteiger partial charge in [-0.15, -0.1) is 0 Å². The third-order valence-electron chi connectivity index (χ3n) is 1.86. The van der Waals surface area contributed by atoms with Crippen molar-refractivity contribution < 1.29 is 0 Å². The normalized spacial score (nSPS) is 3.88. The van der Waals surface area contributed by atoms with Crippen LogP contribution in [0.15, 0.2) is 185 Å². The Kier molecular flexibility index (Phi) is 19.0. The molecular formula is C32H4. The van der Waals surface area contributed by atoms with Crippen LogP contribution in [0.1, 0.15) is 0 Å². The second-order valence-electron chi connectivity index (χ2n) is 3.85. The van der Waals surface area contributed by atoms with Crippen molar-refractivity contribution in [1.82, 2.24) is 0 Å². The van der Waals surface area contributed by atoms with Crippen LogP contribution in [0, 0.1) is 0 Å². The predicted molar refractivity (Wildman–Crippen MR) is 117 cm³/mol. The fourth-order valence-corrected chi connectivity index (χ4v) is 0.901. The van der Waals surface area contributed by atoms with Crippen LogP contribution in [0.3, 0.4) is 0 Å². The van der Waals surface area contributed by atoms with Gasteiger partial charge in [0.05, 0.1) is 0 Å². The average molecular weight is 388 g/mol. The van der Waals surface area contributed by atoms with Crippen LogP contribution in [0.4, 0.5) is 0 Å². The molecule has 0 bridgehead atoms. The van der Waals surface area contributed by atoms with E-state index in [0.717, 1.165) is 0 Å². The van der Waals surface area contributed by atoms with Crippen molar-refractivity contribution in [2.45, 2.75) is 0 Å². The van der Waals surface area contributed by atoms with Gasteiger partial charge < -0.3 is 0 Å². The Bertz CT molecular complexity index is 1800. The lowest BCUT2D eigenvalue weighted by Crippen LogP contribution is -1.25. The second-order valence-corrected chi connectivity index (χ2v) is 3.85. The molecule has 132 valence electrons. The molecule has 0 aromatic heterocycles. The second kappa shape index (κ2) is 24.1. The van der Waals surface area contributed by atoms with E-state index in [4.69, 9.17) is 0 Å². The van der Waals surface area contributed by atoms with Crippen LogP contribution in [-0.4, -0.2) is 0 Å². The summed E-state index contributed by atoms with van der Waals surface area (Å²) in [7, 11) is 0. The van der Waals surface area contributed by atoms with Gasteiger partial charge in [0, 0.05) is 68.8 Å². The van der Waals surface area contributed by atoms with Gasteiger partial charge in [0.1, 0.15) is 0 Å². The summed E-state index contributed by atoms with van der Waals surface area (Å²) in [4.78, 5) is 0. The molecule has 32 heavy (non-hydrogen) atoms. The highest BCUT2D eigenvalue weighted by atomic mass is 13.4. The Labute approximate surface area is 185 Å². The first-order chi connectivity index (χ1) is 15.9. The Morgan fingerprint density at radius 3 is 0.344 bits per heavy atom. The molecule has 0 rings (SSSR count).